The quantitative estimate of drug-likeness (QED) is 0.742. The van der Waals surface area contributed by atoms with Crippen LogP contribution in [0.5, 0.6) is 0 Å². The predicted octanol–water partition coefficient (Wildman–Crippen LogP) is 3.94. The van der Waals surface area contributed by atoms with Crippen molar-refractivity contribution >= 4 is 27.4 Å². The smallest absolute Gasteiger partial charge is 0.308 e. The number of anilines is 2. The lowest BCUT2D eigenvalue weighted by molar-refractivity contribution is 0.262. The number of benzene rings is 2. The molecule has 0 spiro atoms. The molecular weight excluding hydrogens is 350 g/mol. The highest BCUT2D eigenvalue weighted by Gasteiger charge is 2.21. The number of hydrogen-bond donors (Lipinski definition) is 3. The summed E-state index contributed by atoms with van der Waals surface area (Å²) < 4.78 is 27.7. The second-order valence-corrected chi connectivity index (χ2v) is 8.14. The van der Waals surface area contributed by atoms with Crippen molar-refractivity contribution in [2.45, 2.75) is 43.0 Å². The minimum Gasteiger partial charge on any atom is -0.308 e. The van der Waals surface area contributed by atoms with Crippen molar-refractivity contribution in [3.63, 3.8) is 0 Å². The molecule has 1 fully saturated rings. The van der Waals surface area contributed by atoms with Crippen LogP contribution in [0.2, 0.25) is 0 Å². The van der Waals surface area contributed by atoms with Crippen LogP contribution in [-0.2, 0) is 10.0 Å². The summed E-state index contributed by atoms with van der Waals surface area (Å²) in [6, 6.07) is 14.9. The van der Waals surface area contributed by atoms with Crippen molar-refractivity contribution in [3.8, 4) is 0 Å². The topological polar surface area (TPSA) is 87.3 Å². The second kappa shape index (κ2) is 8.33. The molecule has 0 aliphatic heterocycles. The minimum atomic E-state index is -3.53. The van der Waals surface area contributed by atoms with E-state index in [-0.39, 0.29) is 17.0 Å². The van der Waals surface area contributed by atoms with Crippen molar-refractivity contribution in [1.82, 2.24) is 4.72 Å². The zero-order valence-electron chi connectivity index (χ0n) is 14.4. The van der Waals surface area contributed by atoms with Crippen LogP contribution in [-0.4, -0.2) is 20.5 Å². The molecule has 1 saturated carbocycles. The molecule has 0 aromatic heterocycles. The number of hydrogen-bond acceptors (Lipinski definition) is 3. The largest absolute Gasteiger partial charge is 0.323 e. The van der Waals surface area contributed by atoms with Gasteiger partial charge in [0.25, 0.3) is 0 Å². The summed E-state index contributed by atoms with van der Waals surface area (Å²) >= 11 is 0. The van der Waals surface area contributed by atoms with Gasteiger partial charge in [0.2, 0.25) is 10.0 Å². The molecule has 2 aromatic carbocycles. The van der Waals surface area contributed by atoms with Gasteiger partial charge in [-0.1, -0.05) is 37.5 Å². The number of sulfonamides is 1. The highest BCUT2D eigenvalue weighted by molar-refractivity contribution is 7.89. The third-order valence-corrected chi connectivity index (χ3v) is 5.92. The van der Waals surface area contributed by atoms with E-state index in [0.717, 1.165) is 25.7 Å². The van der Waals surface area contributed by atoms with Crippen molar-refractivity contribution in [1.29, 1.82) is 0 Å². The summed E-state index contributed by atoms with van der Waals surface area (Å²) in [6.07, 6.45) is 5.07. The standard InChI is InChI=1S/C19H23N3O3S/c23-19(20-15-7-3-1-4-8-15)21-16-11-13-18(14-12-16)26(24,25)22-17-9-5-2-6-10-17/h1,3-4,7-8,11-14,17,22H,2,5-6,9-10H2,(H2,20,21,23). The van der Waals surface area contributed by atoms with E-state index >= 15 is 0 Å². The van der Waals surface area contributed by atoms with Gasteiger partial charge >= 0.3 is 6.03 Å². The number of amides is 2. The summed E-state index contributed by atoms with van der Waals surface area (Å²) in [5, 5.41) is 5.39. The van der Waals surface area contributed by atoms with Gasteiger partial charge < -0.3 is 10.6 Å². The van der Waals surface area contributed by atoms with Gasteiger partial charge in [-0.05, 0) is 49.2 Å². The third kappa shape index (κ3) is 5.06. The molecular formula is C19H23N3O3S. The average Bonchev–Trinajstić information content (AvgIpc) is 2.63. The van der Waals surface area contributed by atoms with Crippen LogP contribution >= 0.6 is 0 Å². The SMILES string of the molecule is O=C(Nc1ccccc1)Nc1ccc(S(=O)(=O)NC2CCCCC2)cc1. The van der Waals surface area contributed by atoms with Gasteiger partial charge in [-0.25, -0.2) is 17.9 Å². The van der Waals surface area contributed by atoms with Gasteiger partial charge in [-0.2, -0.15) is 0 Å². The van der Waals surface area contributed by atoms with Crippen molar-refractivity contribution in [2.24, 2.45) is 0 Å². The lowest BCUT2D eigenvalue weighted by Crippen LogP contribution is -2.36. The average molecular weight is 373 g/mol. The molecule has 7 heteroatoms. The Hall–Kier alpha value is -2.38. The molecule has 1 aliphatic rings. The fourth-order valence-corrected chi connectivity index (χ4v) is 4.35. The minimum absolute atomic E-state index is 0.0169. The molecule has 0 heterocycles. The maximum absolute atomic E-state index is 12.5. The first-order valence-electron chi connectivity index (χ1n) is 8.78. The Labute approximate surface area is 154 Å². The molecule has 0 saturated heterocycles. The number of nitrogens with one attached hydrogen (secondary N) is 3. The van der Waals surface area contributed by atoms with E-state index in [4.69, 9.17) is 0 Å². The molecule has 0 atom stereocenters. The van der Waals surface area contributed by atoms with E-state index in [1.54, 1.807) is 24.3 Å². The van der Waals surface area contributed by atoms with Gasteiger partial charge in [0, 0.05) is 17.4 Å². The normalized spacial score (nSPS) is 15.4. The lowest BCUT2D eigenvalue weighted by atomic mass is 9.96. The third-order valence-electron chi connectivity index (χ3n) is 4.38. The highest BCUT2D eigenvalue weighted by Crippen LogP contribution is 2.21. The summed E-state index contributed by atoms with van der Waals surface area (Å²) in [4.78, 5) is 12.2. The second-order valence-electron chi connectivity index (χ2n) is 6.43. The molecule has 0 radical (unpaired) electrons. The molecule has 0 bridgehead atoms. The summed E-state index contributed by atoms with van der Waals surface area (Å²) in [5.41, 5.74) is 1.20. The van der Waals surface area contributed by atoms with E-state index in [1.807, 2.05) is 18.2 Å². The van der Waals surface area contributed by atoms with Crippen molar-refractivity contribution in [3.05, 3.63) is 54.6 Å². The van der Waals surface area contributed by atoms with E-state index in [1.165, 1.54) is 18.6 Å². The van der Waals surface area contributed by atoms with Crippen LogP contribution < -0.4 is 15.4 Å². The van der Waals surface area contributed by atoms with Crippen LogP contribution in [0.3, 0.4) is 0 Å². The molecule has 3 N–H and O–H groups in total. The molecule has 2 amide bonds. The van der Waals surface area contributed by atoms with E-state index in [0.29, 0.717) is 11.4 Å². The Bertz CT molecular complexity index is 830. The van der Waals surface area contributed by atoms with Gasteiger partial charge in [-0.3, -0.25) is 0 Å². The van der Waals surface area contributed by atoms with Crippen LogP contribution in [0.15, 0.2) is 59.5 Å². The van der Waals surface area contributed by atoms with Gasteiger partial charge in [0.15, 0.2) is 0 Å². The predicted molar refractivity (Wildman–Crippen MR) is 103 cm³/mol. The summed E-state index contributed by atoms with van der Waals surface area (Å²) in [7, 11) is -3.53. The monoisotopic (exact) mass is 373 g/mol. The first kappa shape index (κ1) is 18.4. The Kier molecular flexibility index (Phi) is 5.90. The Morgan fingerprint density at radius 3 is 2.00 bits per heavy atom. The molecule has 3 rings (SSSR count). The van der Waals surface area contributed by atoms with Gasteiger partial charge in [-0.15, -0.1) is 0 Å². The zero-order valence-corrected chi connectivity index (χ0v) is 15.3. The van der Waals surface area contributed by atoms with Gasteiger partial charge in [0.05, 0.1) is 4.90 Å². The van der Waals surface area contributed by atoms with Crippen molar-refractivity contribution < 1.29 is 13.2 Å². The molecule has 1 aliphatic carbocycles. The van der Waals surface area contributed by atoms with E-state index in [2.05, 4.69) is 15.4 Å². The fraction of sp³-hybridized carbons (Fsp3) is 0.316. The van der Waals surface area contributed by atoms with Crippen LogP contribution in [0.25, 0.3) is 0 Å². The molecule has 138 valence electrons. The van der Waals surface area contributed by atoms with Crippen LogP contribution in [0.1, 0.15) is 32.1 Å². The first-order chi connectivity index (χ1) is 12.5. The molecule has 6 nitrogen and oxygen atoms in total. The van der Waals surface area contributed by atoms with E-state index in [9.17, 15) is 13.2 Å². The highest BCUT2D eigenvalue weighted by atomic mass is 32.2. The first-order valence-corrected chi connectivity index (χ1v) is 10.3. The maximum Gasteiger partial charge on any atom is 0.323 e. The Morgan fingerprint density at radius 1 is 0.808 bits per heavy atom. The molecule has 2 aromatic rings. The number of carbonyl (C=O) groups excluding carboxylic acids is 1. The number of carbonyl (C=O) groups is 1. The number of urea groups is 1. The molecule has 26 heavy (non-hydrogen) atoms. The van der Waals surface area contributed by atoms with Crippen molar-refractivity contribution in [2.75, 3.05) is 10.6 Å². The van der Waals surface area contributed by atoms with Gasteiger partial charge in [0.1, 0.15) is 0 Å². The summed E-state index contributed by atoms with van der Waals surface area (Å²) in [6.45, 7) is 0. The Balaban J connectivity index is 1.59. The molecule has 0 unspecified atom stereocenters. The fourth-order valence-electron chi connectivity index (χ4n) is 3.04. The van der Waals surface area contributed by atoms with E-state index < -0.39 is 10.0 Å². The number of rotatable bonds is 5. The number of para-hydroxylation sites is 1. The Morgan fingerprint density at radius 2 is 1.38 bits per heavy atom. The summed E-state index contributed by atoms with van der Waals surface area (Å²) in [5.74, 6) is 0. The van der Waals surface area contributed by atoms with Crippen LogP contribution in [0, 0.1) is 0 Å². The lowest BCUT2D eigenvalue weighted by Gasteiger charge is -2.22. The zero-order chi connectivity index (χ0) is 18.4. The van der Waals surface area contributed by atoms with Crippen LogP contribution in [0.4, 0.5) is 16.2 Å². The maximum atomic E-state index is 12.5.